The molecule has 21 heavy (non-hydrogen) atoms. The van der Waals surface area contributed by atoms with Gasteiger partial charge in [-0.15, -0.1) is 17.8 Å². The predicted molar refractivity (Wildman–Crippen MR) is 86.6 cm³/mol. The van der Waals surface area contributed by atoms with Crippen molar-refractivity contribution >= 4 is 21.4 Å². The SMILES string of the molecule is C#CCN(CC1CC1)S(=O)(=O)c1ccc(CNCCC)s1. The van der Waals surface area contributed by atoms with E-state index in [1.54, 1.807) is 6.07 Å². The van der Waals surface area contributed by atoms with Crippen LogP contribution in [0.25, 0.3) is 0 Å². The van der Waals surface area contributed by atoms with Crippen LogP contribution in [0.4, 0.5) is 0 Å². The van der Waals surface area contributed by atoms with Crippen LogP contribution in [-0.2, 0) is 16.6 Å². The molecule has 0 aromatic carbocycles. The fraction of sp³-hybridized carbons (Fsp3) is 0.600. The average Bonchev–Trinajstić information content (AvgIpc) is 3.14. The van der Waals surface area contributed by atoms with Crippen molar-refractivity contribution < 1.29 is 8.42 Å². The number of sulfonamides is 1. The van der Waals surface area contributed by atoms with Crippen molar-refractivity contribution in [1.82, 2.24) is 9.62 Å². The highest BCUT2D eigenvalue weighted by atomic mass is 32.2. The van der Waals surface area contributed by atoms with Gasteiger partial charge in [0.1, 0.15) is 4.21 Å². The summed E-state index contributed by atoms with van der Waals surface area (Å²) in [6.07, 6.45) is 8.60. The van der Waals surface area contributed by atoms with Gasteiger partial charge < -0.3 is 5.32 Å². The van der Waals surface area contributed by atoms with E-state index in [0.29, 0.717) is 23.2 Å². The Balaban J connectivity index is 2.07. The molecule has 0 aliphatic heterocycles. The largest absolute Gasteiger partial charge is 0.312 e. The first-order valence-corrected chi connectivity index (χ1v) is 9.56. The second kappa shape index (κ2) is 7.41. The third kappa shape index (κ3) is 4.55. The fourth-order valence-electron chi connectivity index (χ4n) is 2.05. The standard InChI is InChI=1S/C15H22N2O2S2/c1-3-9-16-11-14-7-8-15(20-14)21(18,19)17(10-4-2)12-13-5-6-13/h2,7-8,13,16H,3,5-6,9-12H2,1H3. The molecule has 0 unspecified atom stereocenters. The lowest BCUT2D eigenvalue weighted by Gasteiger charge is -2.18. The van der Waals surface area contributed by atoms with Gasteiger partial charge in [0, 0.05) is 18.0 Å². The summed E-state index contributed by atoms with van der Waals surface area (Å²) in [7, 11) is -3.45. The Morgan fingerprint density at radius 1 is 1.48 bits per heavy atom. The van der Waals surface area contributed by atoms with Crippen LogP contribution in [0.15, 0.2) is 16.3 Å². The minimum Gasteiger partial charge on any atom is -0.312 e. The van der Waals surface area contributed by atoms with Crippen molar-refractivity contribution in [3.05, 3.63) is 17.0 Å². The normalized spacial score (nSPS) is 15.3. The monoisotopic (exact) mass is 326 g/mol. The molecule has 0 spiro atoms. The van der Waals surface area contributed by atoms with Crippen molar-refractivity contribution in [2.75, 3.05) is 19.6 Å². The van der Waals surface area contributed by atoms with E-state index in [9.17, 15) is 8.42 Å². The van der Waals surface area contributed by atoms with Gasteiger partial charge in [-0.3, -0.25) is 0 Å². The average molecular weight is 326 g/mol. The Labute approximate surface area is 131 Å². The lowest BCUT2D eigenvalue weighted by Crippen LogP contribution is -2.32. The zero-order valence-electron chi connectivity index (χ0n) is 12.3. The Kier molecular flexibility index (Phi) is 5.82. The lowest BCUT2D eigenvalue weighted by atomic mass is 10.4. The quantitative estimate of drug-likeness (QED) is 0.559. The molecule has 1 saturated carbocycles. The van der Waals surface area contributed by atoms with E-state index < -0.39 is 10.0 Å². The van der Waals surface area contributed by atoms with E-state index >= 15 is 0 Å². The second-order valence-corrected chi connectivity index (χ2v) is 8.68. The summed E-state index contributed by atoms with van der Waals surface area (Å²) < 4.78 is 27.1. The number of nitrogens with one attached hydrogen (secondary N) is 1. The number of rotatable bonds is 9. The molecule has 1 N–H and O–H groups in total. The van der Waals surface area contributed by atoms with E-state index in [-0.39, 0.29) is 6.54 Å². The first-order valence-electron chi connectivity index (χ1n) is 7.31. The number of hydrogen-bond acceptors (Lipinski definition) is 4. The zero-order chi connectivity index (χ0) is 15.3. The molecule has 0 saturated heterocycles. The molecule has 1 heterocycles. The van der Waals surface area contributed by atoms with Gasteiger partial charge in [-0.1, -0.05) is 12.8 Å². The van der Waals surface area contributed by atoms with Gasteiger partial charge in [-0.05, 0) is 43.9 Å². The summed E-state index contributed by atoms with van der Waals surface area (Å²) in [6, 6.07) is 3.57. The Morgan fingerprint density at radius 2 is 2.24 bits per heavy atom. The summed E-state index contributed by atoms with van der Waals surface area (Å²) in [5, 5.41) is 3.28. The molecular weight excluding hydrogens is 304 g/mol. The van der Waals surface area contributed by atoms with E-state index in [0.717, 1.165) is 30.7 Å². The number of terminal acetylenes is 1. The molecule has 4 nitrogen and oxygen atoms in total. The predicted octanol–water partition coefficient (Wildman–Crippen LogP) is 2.28. The molecule has 2 rings (SSSR count). The van der Waals surface area contributed by atoms with Gasteiger partial charge in [-0.2, -0.15) is 4.31 Å². The molecule has 0 bridgehead atoms. The van der Waals surface area contributed by atoms with Crippen LogP contribution in [-0.4, -0.2) is 32.4 Å². The van der Waals surface area contributed by atoms with Crippen molar-refractivity contribution in [1.29, 1.82) is 0 Å². The van der Waals surface area contributed by atoms with E-state index in [1.165, 1.54) is 15.6 Å². The van der Waals surface area contributed by atoms with Crippen LogP contribution in [0.1, 0.15) is 31.1 Å². The highest BCUT2D eigenvalue weighted by Gasteiger charge is 2.32. The topological polar surface area (TPSA) is 49.4 Å². The molecule has 1 aromatic heterocycles. The second-order valence-electron chi connectivity index (χ2n) is 5.34. The molecule has 0 atom stereocenters. The highest BCUT2D eigenvalue weighted by Crippen LogP contribution is 2.32. The molecule has 0 amide bonds. The molecular formula is C15H22N2O2S2. The minimum absolute atomic E-state index is 0.153. The molecule has 116 valence electrons. The van der Waals surface area contributed by atoms with Gasteiger partial charge in [-0.25, -0.2) is 8.42 Å². The molecule has 1 aliphatic rings. The third-order valence-corrected chi connectivity index (χ3v) is 6.75. The van der Waals surface area contributed by atoms with Crippen LogP contribution in [0.2, 0.25) is 0 Å². The molecule has 1 fully saturated rings. The Morgan fingerprint density at radius 3 is 2.86 bits per heavy atom. The van der Waals surface area contributed by atoms with Gasteiger partial charge in [0.15, 0.2) is 0 Å². The number of hydrogen-bond donors (Lipinski definition) is 1. The van der Waals surface area contributed by atoms with Gasteiger partial charge in [0.2, 0.25) is 0 Å². The highest BCUT2D eigenvalue weighted by molar-refractivity contribution is 7.91. The number of nitrogens with zero attached hydrogens (tertiary/aromatic N) is 1. The maximum atomic E-state index is 12.6. The maximum Gasteiger partial charge on any atom is 0.253 e. The molecule has 6 heteroatoms. The smallest absolute Gasteiger partial charge is 0.253 e. The first-order chi connectivity index (χ1) is 10.1. The lowest BCUT2D eigenvalue weighted by molar-refractivity contribution is 0.431. The van der Waals surface area contributed by atoms with Crippen molar-refractivity contribution in [2.45, 2.75) is 36.9 Å². The maximum absolute atomic E-state index is 12.6. The summed E-state index contributed by atoms with van der Waals surface area (Å²) in [6.45, 7) is 4.46. The van der Waals surface area contributed by atoms with E-state index in [1.807, 2.05) is 6.07 Å². The summed E-state index contributed by atoms with van der Waals surface area (Å²) >= 11 is 1.33. The van der Waals surface area contributed by atoms with Crippen molar-refractivity contribution in [3.63, 3.8) is 0 Å². The van der Waals surface area contributed by atoms with Crippen LogP contribution in [0.3, 0.4) is 0 Å². The van der Waals surface area contributed by atoms with Crippen molar-refractivity contribution in [2.24, 2.45) is 5.92 Å². The van der Waals surface area contributed by atoms with Gasteiger partial charge >= 0.3 is 0 Å². The molecule has 1 aromatic rings. The Hall–Kier alpha value is -0.870. The van der Waals surface area contributed by atoms with Crippen LogP contribution in [0, 0.1) is 18.3 Å². The molecule has 1 aliphatic carbocycles. The van der Waals surface area contributed by atoms with E-state index in [2.05, 4.69) is 18.2 Å². The van der Waals surface area contributed by atoms with Gasteiger partial charge in [0.25, 0.3) is 10.0 Å². The van der Waals surface area contributed by atoms with Crippen LogP contribution < -0.4 is 5.32 Å². The van der Waals surface area contributed by atoms with Crippen LogP contribution in [0.5, 0.6) is 0 Å². The van der Waals surface area contributed by atoms with E-state index in [4.69, 9.17) is 6.42 Å². The Bertz CT molecular complexity index is 597. The minimum atomic E-state index is -3.45. The first kappa shape index (κ1) is 16.5. The van der Waals surface area contributed by atoms with Crippen molar-refractivity contribution in [3.8, 4) is 12.3 Å². The summed E-state index contributed by atoms with van der Waals surface area (Å²) in [4.78, 5) is 1.04. The summed E-state index contributed by atoms with van der Waals surface area (Å²) in [5.74, 6) is 2.95. The number of thiophene rings is 1. The van der Waals surface area contributed by atoms with Crippen LogP contribution >= 0.6 is 11.3 Å². The van der Waals surface area contributed by atoms with Gasteiger partial charge in [0.05, 0.1) is 6.54 Å². The molecule has 0 radical (unpaired) electrons. The third-order valence-electron chi connectivity index (χ3n) is 3.38. The zero-order valence-corrected chi connectivity index (χ0v) is 14.0. The fourth-order valence-corrected chi connectivity index (χ4v) is 4.95. The summed E-state index contributed by atoms with van der Waals surface area (Å²) in [5.41, 5.74) is 0.